The lowest BCUT2D eigenvalue weighted by Gasteiger charge is -2.11. The number of aryl methyl sites for hydroxylation is 1. The molecule has 106 valence electrons. The molecule has 0 aliphatic rings. The molecule has 0 fully saturated rings. The molecule has 2 rings (SSSR count). The Bertz CT molecular complexity index is 558. The van der Waals surface area contributed by atoms with Crippen molar-refractivity contribution in [2.75, 3.05) is 7.11 Å². The number of benzene rings is 2. The van der Waals surface area contributed by atoms with Crippen molar-refractivity contribution >= 4 is 0 Å². The van der Waals surface area contributed by atoms with Gasteiger partial charge in [0.25, 0.3) is 0 Å². The van der Waals surface area contributed by atoms with E-state index in [1.54, 1.807) is 7.11 Å². The van der Waals surface area contributed by atoms with Crippen LogP contribution in [0, 0.1) is 0 Å². The van der Waals surface area contributed by atoms with Crippen LogP contribution in [-0.2, 0) is 12.8 Å². The molecule has 0 radical (unpaired) electrons. The van der Waals surface area contributed by atoms with E-state index in [0.29, 0.717) is 0 Å². The highest BCUT2D eigenvalue weighted by atomic mass is 16.5. The van der Waals surface area contributed by atoms with Crippen LogP contribution in [0.15, 0.2) is 42.5 Å². The molecule has 2 nitrogen and oxygen atoms in total. The standard InChI is InChI=1S/C18H23NO/c1-4-15-12-17(20-3)9-10-18(15)16-7-5-14(6-8-16)11-13(2)19/h5-10,12-13H,4,11,19H2,1-3H3. The topological polar surface area (TPSA) is 35.2 Å². The quantitative estimate of drug-likeness (QED) is 0.895. The minimum absolute atomic E-state index is 0.202. The molecular weight excluding hydrogens is 246 g/mol. The van der Waals surface area contributed by atoms with Crippen LogP contribution in [0.25, 0.3) is 11.1 Å². The minimum Gasteiger partial charge on any atom is -0.497 e. The van der Waals surface area contributed by atoms with E-state index in [4.69, 9.17) is 10.5 Å². The van der Waals surface area contributed by atoms with Crippen molar-refractivity contribution in [1.29, 1.82) is 0 Å². The summed E-state index contributed by atoms with van der Waals surface area (Å²) >= 11 is 0. The summed E-state index contributed by atoms with van der Waals surface area (Å²) in [6.45, 7) is 4.20. The molecule has 0 heterocycles. The molecule has 1 atom stereocenters. The van der Waals surface area contributed by atoms with E-state index in [9.17, 15) is 0 Å². The van der Waals surface area contributed by atoms with E-state index in [0.717, 1.165) is 18.6 Å². The van der Waals surface area contributed by atoms with Crippen molar-refractivity contribution in [1.82, 2.24) is 0 Å². The van der Waals surface area contributed by atoms with Crippen LogP contribution in [0.2, 0.25) is 0 Å². The third kappa shape index (κ3) is 3.40. The molecule has 2 heteroatoms. The Morgan fingerprint density at radius 3 is 2.35 bits per heavy atom. The first kappa shape index (κ1) is 14.6. The zero-order chi connectivity index (χ0) is 14.5. The Labute approximate surface area is 121 Å². The summed E-state index contributed by atoms with van der Waals surface area (Å²) in [6.07, 6.45) is 1.91. The summed E-state index contributed by atoms with van der Waals surface area (Å²) < 4.78 is 5.30. The van der Waals surface area contributed by atoms with Gasteiger partial charge < -0.3 is 10.5 Å². The van der Waals surface area contributed by atoms with Crippen LogP contribution in [0.4, 0.5) is 0 Å². The first-order chi connectivity index (χ1) is 9.63. The SMILES string of the molecule is CCc1cc(OC)ccc1-c1ccc(CC(C)N)cc1. The number of ether oxygens (including phenoxy) is 1. The molecule has 0 aromatic heterocycles. The second-order valence-electron chi connectivity index (χ2n) is 5.25. The Hall–Kier alpha value is -1.80. The highest BCUT2D eigenvalue weighted by molar-refractivity contribution is 5.68. The molecule has 20 heavy (non-hydrogen) atoms. The van der Waals surface area contributed by atoms with Crippen molar-refractivity contribution in [3.8, 4) is 16.9 Å². The minimum atomic E-state index is 0.202. The fourth-order valence-electron chi connectivity index (χ4n) is 2.46. The average Bonchev–Trinajstić information content (AvgIpc) is 2.47. The van der Waals surface area contributed by atoms with E-state index in [2.05, 4.69) is 43.3 Å². The molecule has 0 aliphatic heterocycles. The molecule has 2 N–H and O–H groups in total. The maximum Gasteiger partial charge on any atom is 0.119 e. The fraction of sp³-hybridized carbons (Fsp3) is 0.333. The van der Waals surface area contributed by atoms with Gasteiger partial charge in [0.15, 0.2) is 0 Å². The fourth-order valence-corrected chi connectivity index (χ4v) is 2.46. The third-order valence-electron chi connectivity index (χ3n) is 3.52. The second kappa shape index (κ2) is 6.58. The molecule has 0 bridgehead atoms. The van der Waals surface area contributed by atoms with Crippen molar-refractivity contribution in [3.05, 3.63) is 53.6 Å². The van der Waals surface area contributed by atoms with Gasteiger partial charge in [-0.1, -0.05) is 37.3 Å². The Morgan fingerprint density at radius 1 is 1.10 bits per heavy atom. The van der Waals surface area contributed by atoms with Crippen molar-refractivity contribution in [3.63, 3.8) is 0 Å². The second-order valence-corrected chi connectivity index (χ2v) is 5.25. The molecule has 0 saturated heterocycles. The zero-order valence-corrected chi connectivity index (χ0v) is 12.5. The first-order valence-corrected chi connectivity index (χ1v) is 7.15. The molecule has 2 aromatic rings. The maximum atomic E-state index is 5.84. The van der Waals surface area contributed by atoms with E-state index in [1.807, 2.05) is 13.0 Å². The van der Waals surface area contributed by atoms with Gasteiger partial charge in [-0.25, -0.2) is 0 Å². The van der Waals surface area contributed by atoms with Crippen molar-refractivity contribution < 1.29 is 4.74 Å². The third-order valence-corrected chi connectivity index (χ3v) is 3.52. The Balaban J connectivity index is 2.31. The first-order valence-electron chi connectivity index (χ1n) is 7.15. The van der Waals surface area contributed by atoms with Crippen molar-refractivity contribution in [2.24, 2.45) is 5.73 Å². The smallest absolute Gasteiger partial charge is 0.119 e. The monoisotopic (exact) mass is 269 g/mol. The van der Waals surface area contributed by atoms with Gasteiger partial charge in [-0.15, -0.1) is 0 Å². The van der Waals surface area contributed by atoms with Gasteiger partial charge in [-0.05, 0) is 54.2 Å². The number of nitrogens with two attached hydrogens (primary N) is 1. The normalized spacial score (nSPS) is 12.2. The van der Waals surface area contributed by atoms with E-state index < -0.39 is 0 Å². The molecule has 0 amide bonds. The summed E-state index contributed by atoms with van der Waals surface area (Å²) in [5, 5.41) is 0. The van der Waals surface area contributed by atoms with Crippen LogP contribution >= 0.6 is 0 Å². The van der Waals surface area contributed by atoms with E-state index in [1.165, 1.54) is 22.3 Å². The summed E-state index contributed by atoms with van der Waals surface area (Å²) in [5.74, 6) is 0.916. The van der Waals surface area contributed by atoms with Crippen LogP contribution in [0.1, 0.15) is 25.0 Å². The number of hydrogen-bond donors (Lipinski definition) is 1. The van der Waals surface area contributed by atoms with E-state index in [-0.39, 0.29) is 6.04 Å². The van der Waals surface area contributed by atoms with Gasteiger partial charge in [0.2, 0.25) is 0 Å². The van der Waals surface area contributed by atoms with Crippen LogP contribution < -0.4 is 10.5 Å². The van der Waals surface area contributed by atoms with E-state index >= 15 is 0 Å². The highest BCUT2D eigenvalue weighted by Gasteiger charge is 2.06. The molecule has 2 aromatic carbocycles. The van der Waals surface area contributed by atoms with Gasteiger partial charge in [-0.3, -0.25) is 0 Å². The molecule has 0 aliphatic carbocycles. The largest absolute Gasteiger partial charge is 0.497 e. The van der Waals surface area contributed by atoms with Gasteiger partial charge in [0.1, 0.15) is 5.75 Å². The van der Waals surface area contributed by atoms with Gasteiger partial charge in [0, 0.05) is 6.04 Å². The number of methoxy groups -OCH3 is 1. The van der Waals surface area contributed by atoms with Gasteiger partial charge in [0.05, 0.1) is 7.11 Å². The number of rotatable bonds is 5. The molecule has 0 spiro atoms. The van der Waals surface area contributed by atoms with Crippen molar-refractivity contribution in [2.45, 2.75) is 32.7 Å². The predicted octanol–water partition coefficient (Wildman–Crippen LogP) is 3.81. The van der Waals surface area contributed by atoms with Crippen LogP contribution in [-0.4, -0.2) is 13.2 Å². The molecule has 0 saturated carbocycles. The Morgan fingerprint density at radius 2 is 1.80 bits per heavy atom. The maximum absolute atomic E-state index is 5.84. The molecular formula is C18H23NO. The van der Waals surface area contributed by atoms with Gasteiger partial charge in [-0.2, -0.15) is 0 Å². The lowest BCUT2D eigenvalue weighted by Crippen LogP contribution is -2.17. The predicted molar refractivity (Wildman–Crippen MR) is 85.2 cm³/mol. The zero-order valence-electron chi connectivity index (χ0n) is 12.5. The summed E-state index contributed by atoms with van der Waals surface area (Å²) in [6, 6.07) is 15.2. The van der Waals surface area contributed by atoms with Crippen LogP contribution in [0.3, 0.4) is 0 Å². The Kier molecular flexibility index (Phi) is 4.80. The number of hydrogen-bond acceptors (Lipinski definition) is 2. The lowest BCUT2D eigenvalue weighted by molar-refractivity contribution is 0.414. The highest BCUT2D eigenvalue weighted by Crippen LogP contribution is 2.28. The summed E-state index contributed by atoms with van der Waals surface area (Å²) in [5.41, 5.74) is 11.0. The summed E-state index contributed by atoms with van der Waals surface area (Å²) in [7, 11) is 1.71. The lowest BCUT2D eigenvalue weighted by atomic mass is 9.96. The summed E-state index contributed by atoms with van der Waals surface area (Å²) in [4.78, 5) is 0. The average molecular weight is 269 g/mol. The van der Waals surface area contributed by atoms with Gasteiger partial charge >= 0.3 is 0 Å². The molecule has 1 unspecified atom stereocenters. The van der Waals surface area contributed by atoms with Crippen LogP contribution in [0.5, 0.6) is 5.75 Å².